The average molecular weight is 413 g/mol. The summed E-state index contributed by atoms with van der Waals surface area (Å²) in [6.07, 6.45) is 3.66. The van der Waals surface area contributed by atoms with E-state index in [-0.39, 0.29) is 24.1 Å². The summed E-state index contributed by atoms with van der Waals surface area (Å²) >= 11 is 0. The Hall–Kier alpha value is -3.50. The van der Waals surface area contributed by atoms with Crippen LogP contribution in [0.1, 0.15) is 35.2 Å². The number of rotatable bonds is 6. The van der Waals surface area contributed by atoms with Gasteiger partial charge in [0.2, 0.25) is 5.76 Å². The van der Waals surface area contributed by atoms with Gasteiger partial charge in [-0.15, -0.1) is 0 Å². The van der Waals surface area contributed by atoms with Gasteiger partial charge in [-0.05, 0) is 20.3 Å². The van der Waals surface area contributed by atoms with Gasteiger partial charge in [0.1, 0.15) is 12.1 Å². The SMILES string of the molecule is CCOC(=O)CCc1c(C)nc2ncnn2c1N1CCN(C(=O)c2ccno2)CC1. The Kier molecular flexibility index (Phi) is 5.59. The second-order valence-corrected chi connectivity index (χ2v) is 6.93. The number of esters is 1. The molecule has 1 aliphatic heterocycles. The first kappa shape index (κ1) is 19.8. The molecule has 1 amide bonds. The first-order chi connectivity index (χ1) is 14.6. The third-order valence-corrected chi connectivity index (χ3v) is 5.10. The van der Waals surface area contributed by atoms with Gasteiger partial charge in [-0.1, -0.05) is 5.16 Å². The second-order valence-electron chi connectivity index (χ2n) is 6.93. The van der Waals surface area contributed by atoms with E-state index in [1.54, 1.807) is 22.4 Å². The topological polar surface area (TPSA) is 119 Å². The summed E-state index contributed by atoms with van der Waals surface area (Å²) in [7, 11) is 0. The van der Waals surface area contributed by atoms with Crippen LogP contribution < -0.4 is 4.90 Å². The molecule has 3 aromatic heterocycles. The zero-order chi connectivity index (χ0) is 21.1. The molecule has 0 spiro atoms. The number of amides is 1. The lowest BCUT2D eigenvalue weighted by Crippen LogP contribution is -2.49. The summed E-state index contributed by atoms with van der Waals surface area (Å²) in [5.41, 5.74) is 1.73. The molecule has 4 rings (SSSR count). The maximum Gasteiger partial charge on any atom is 0.306 e. The molecular formula is C19H23N7O4. The average Bonchev–Trinajstić information content (AvgIpc) is 3.44. The van der Waals surface area contributed by atoms with Crippen molar-refractivity contribution in [2.24, 2.45) is 0 Å². The van der Waals surface area contributed by atoms with Gasteiger partial charge in [-0.25, -0.2) is 4.98 Å². The highest BCUT2D eigenvalue weighted by atomic mass is 16.5. The molecule has 0 atom stereocenters. The maximum atomic E-state index is 12.5. The Morgan fingerprint density at radius 3 is 2.73 bits per heavy atom. The Morgan fingerprint density at radius 2 is 2.03 bits per heavy atom. The van der Waals surface area contributed by atoms with Crippen LogP contribution in [0.3, 0.4) is 0 Å². The van der Waals surface area contributed by atoms with E-state index in [0.717, 1.165) is 17.1 Å². The normalized spacial score (nSPS) is 14.3. The van der Waals surface area contributed by atoms with Crippen molar-refractivity contribution >= 4 is 23.5 Å². The van der Waals surface area contributed by atoms with Gasteiger partial charge in [0, 0.05) is 49.9 Å². The summed E-state index contributed by atoms with van der Waals surface area (Å²) < 4.78 is 11.8. The van der Waals surface area contributed by atoms with E-state index < -0.39 is 0 Å². The van der Waals surface area contributed by atoms with Gasteiger partial charge in [-0.2, -0.15) is 14.6 Å². The fourth-order valence-corrected chi connectivity index (χ4v) is 3.65. The molecule has 11 nitrogen and oxygen atoms in total. The third-order valence-electron chi connectivity index (χ3n) is 5.10. The van der Waals surface area contributed by atoms with Gasteiger partial charge < -0.3 is 19.1 Å². The zero-order valence-corrected chi connectivity index (χ0v) is 16.9. The van der Waals surface area contributed by atoms with E-state index in [0.29, 0.717) is 45.0 Å². The molecule has 11 heteroatoms. The predicted octanol–water partition coefficient (Wildman–Crippen LogP) is 0.879. The van der Waals surface area contributed by atoms with E-state index >= 15 is 0 Å². The predicted molar refractivity (Wildman–Crippen MR) is 105 cm³/mol. The van der Waals surface area contributed by atoms with Crippen molar-refractivity contribution in [2.45, 2.75) is 26.7 Å². The van der Waals surface area contributed by atoms with Crippen LogP contribution in [0.2, 0.25) is 0 Å². The number of aromatic nitrogens is 5. The van der Waals surface area contributed by atoms with Gasteiger partial charge in [0.05, 0.1) is 12.8 Å². The number of carbonyl (C=O) groups is 2. The molecule has 0 radical (unpaired) electrons. The summed E-state index contributed by atoms with van der Waals surface area (Å²) in [6, 6.07) is 1.56. The smallest absolute Gasteiger partial charge is 0.306 e. The number of fused-ring (bicyclic) bond motifs is 1. The molecule has 0 aromatic carbocycles. The number of nitrogens with zero attached hydrogens (tertiary/aromatic N) is 7. The van der Waals surface area contributed by atoms with Crippen LogP contribution in [0.4, 0.5) is 5.82 Å². The van der Waals surface area contributed by atoms with E-state index in [1.807, 2.05) is 6.92 Å². The molecule has 1 saturated heterocycles. The number of piperazine rings is 1. The number of carbonyl (C=O) groups excluding carboxylic acids is 2. The standard InChI is InChI=1S/C19H23N7O4/c1-3-29-16(27)5-4-14-13(2)23-19-20-12-21-26(19)17(14)24-8-10-25(11-9-24)18(28)15-6-7-22-30-15/h6-7,12H,3-5,8-11H2,1-2H3. The Labute approximate surface area is 172 Å². The molecule has 0 bridgehead atoms. The lowest BCUT2D eigenvalue weighted by atomic mass is 10.1. The van der Waals surface area contributed by atoms with Crippen molar-refractivity contribution in [1.29, 1.82) is 0 Å². The molecule has 1 fully saturated rings. The van der Waals surface area contributed by atoms with Crippen LogP contribution >= 0.6 is 0 Å². The zero-order valence-electron chi connectivity index (χ0n) is 16.9. The molecule has 30 heavy (non-hydrogen) atoms. The van der Waals surface area contributed by atoms with Gasteiger partial charge in [0.25, 0.3) is 11.7 Å². The number of aryl methyl sites for hydroxylation is 1. The van der Waals surface area contributed by atoms with Crippen LogP contribution in [-0.4, -0.2) is 74.3 Å². The quantitative estimate of drug-likeness (QED) is 0.542. The van der Waals surface area contributed by atoms with Crippen molar-refractivity contribution in [3.63, 3.8) is 0 Å². The minimum absolute atomic E-state index is 0.175. The molecule has 0 saturated carbocycles. The lowest BCUT2D eigenvalue weighted by molar-refractivity contribution is -0.143. The van der Waals surface area contributed by atoms with Crippen LogP contribution in [0.25, 0.3) is 5.78 Å². The number of hydrogen-bond acceptors (Lipinski definition) is 9. The Bertz CT molecular complexity index is 1040. The van der Waals surface area contributed by atoms with E-state index in [9.17, 15) is 9.59 Å². The molecule has 158 valence electrons. The van der Waals surface area contributed by atoms with Crippen molar-refractivity contribution in [2.75, 3.05) is 37.7 Å². The largest absolute Gasteiger partial charge is 0.466 e. The molecule has 0 N–H and O–H groups in total. The monoisotopic (exact) mass is 413 g/mol. The summed E-state index contributed by atoms with van der Waals surface area (Å²) in [6.45, 7) is 6.30. The molecule has 0 aliphatic carbocycles. The van der Waals surface area contributed by atoms with Crippen LogP contribution in [0, 0.1) is 6.92 Å². The van der Waals surface area contributed by atoms with Crippen molar-refractivity contribution in [1.82, 2.24) is 29.6 Å². The summed E-state index contributed by atoms with van der Waals surface area (Å²) in [5, 5.41) is 7.94. The Morgan fingerprint density at radius 1 is 1.23 bits per heavy atom. The first-order valence-corrected chi connectivity index (χ1v) is 9.88. The Balaban J connectivity index is 1.57. The highest BCUT2D eigenvalue weighted by Gasteiger charge is 2.28. The molecular weight excluding hydrogens is 390 g/mol. The van der Waals surface area contributed by atoms with Gasteiger partial charge in [-0.3, -0.25) is 9.59 Å². The second kappa shape index (κ2) is 8.47. The van der Waals surface area contributed by atoms with Crippen molar-refractivity contribution in [3.8, 4) is 0 Å². The third kappa shape index (κ3) is 3.82. The maximum absolute atomic E-state index is 12.5. The molecule has 1 aliphatic rings. The van der Waals surface area contributed by atoms with Crippen molar-refractivity contribution < 1.29 is 18.8 Å². The first-order valence-electron chi connectivity index (χ1n) is 9.88. The van der Waals surface area contributed by atoms with Crippen LogP contribution in [-0.2, 0) is 16.0 Å². The molecule has 3 aromatic rings. The number of ether oxygens (including phenoxy) is 1. The van der Waals surface area contributed by atoms with Gasteiger partial charge in [0.15, 0.2) is 0 Å². The van der Waals surface area contributed by atoms with E-state index in [2.05, 4.69) is 25.1 Å². The fraction of sp³-hybridized carbons (Fsp3) is 0.474. The minimum atomic E-state index is -0.246. The van der Waals surface area contributed by atoms with Crippen molar-refractivity contribution in [3.05, 3.63) is 35.6 Å². The minimum Gasteiger partial charge on any atom is -0.466 e. The molecule has 0 unspecified atom stereocenters. The highest BCUT2D eigenvalue weighted by Crippen LogP contribution is 2.26. The lowest BCUT2D eigenvalue weighted by Gasteiger charge is -2.36. The number of anilines is 1. The summed E-state index contributed by atoms with van der Waals surface area (Å²) in [5.74, 6) is 1.17. The van der Waals surface area contributed by atoms with Gasteiger partial charge >= 0.3 is 5.97 Å². The number of hydrogen-bond donors (Lipinski definition) is 0. The highest BCUT2D eigenvalue weighted by molar-refractivity contribution is 5.91. The van der Waals surface area contributed by atoms with E-state index in [4.69, 9.17) is 9.26 Å². The van der Waals surface area contributed by atoms with E-state index in [1.165, 1.54) is 12.5 Å². The summed E-state index contributed by atoms with van der Waals surface area (Å²) in [4.78, 5) is 37.1. The van der Waals surface area contributed by atoms with Crippen LogP contribution in [0.5, 0.6) is 0 Å². The fourth-order valence-electron chi connectivity index (χ4n) is 3.65. The molecule has 4 heterocycles. The van der Waals surface area contributed by atoms with Crippen LogP contribution in [0.15, 0.2) is 23.1 Å².